The Kier molecular flexibility index (Phi) is 3.54. The molecular weight excluding hydrogens is 216 g/mol. The molecule has 2 unspecified atom stereocenters. The zero-order valence-electron chi connectivity index (χ0n) is 10.9. The van der Waals surface area contributed by atoms with Gasteiger partial charge in [-0.1, -0.05) is 13.8 Å². The molecule has 0 amide bonds. The first-order valence-corrected chi connectivity index (χ1v) is 6.42. The van der Waals surface area contributed by atoms with Crippen LogP contribution >= 0.6 is 0 Å². The average molecular weight is 238 g/mol. The fourth-order valence-corrected chi connectivity index (χ4v) is 2.34. The number of aromatic nitrogens is 2. The van der Waals surface area contributed by atoms with Gasteiger partial charge in [-0.15, -0.1) is 0 Å². The first-order chi connectivity index (χ1) is 8.05. The van der Waals surface area contributed by atoms with Crippen LogP contribution in [0.4, 0.5) is 0 Å². The van der Waals surface area contributed by atoms with Crippen molar-refractivity contribution >= 4 is 0 Å². The number of rotatable bonds is 3. The summed E-state index contributed by atoms with van der Waals surface area (Å²) in [6, 6.07) is 0. The lowest BCUT2D eigenvalue weighted by molar-refractivity contribution is -0.121. The number of ether oxygens (including phenoxy) is 1. The van der Waals surface area contributed by atoms with Gasteiger partial charge in [-0.3, -0.25) is 4.68 Å². The molecule has 2 heterocycles. The third-order valence-electron chi connectivity index (χ3n) is 3.62. The Morgan fingerprint density at radius 1 is 1.65 bits per heavy atom. The second-order valence-electron chi connectivity index (χ2n) is 5.22. The molecular formula is C13H22N2O2. The highest BCUT2D eigenvalue weighted by atomic mass is 16.5. The molecule has 1 N–H and O–H groups in total. The summed E-state index contributed by atoms with van der Waals surface area (Å²) < 4.78 is 7.56. The molecule has 0 aromatic carbocycles. The molecule has 1 aliphatic rings. The van der Waals surface area contributed by atoms with Crippen molar-refractivity contribution in [2.75, 3.05) is 6.61 Å². The van der Waals surface area contributed by atoms with Gasteiger partial charge < -0.3 is 9.84 Å². The Hall–Kier alpha value is -0.870. The highest BCUT2D eigenvalue weighted by Gasteiger charge is 2.38. The van der Waals surface area contributed by atoms with Crippen molar-refractivity contribution in [3.63, 3.8) is 0 Å². The van der Waals surface area contributed by atoms with Crippen LogP contribution in [0.5, 0.6) is 0 Å². The fourth-order valence-electron chi connectivity index (χ4n) is 2.34. The highest BCUT2D eigenvalue weighted by Crippen LogP contribution is 2.36. The molecule has 96 valence electrons. The SMILES string of the molecule is CCn1cc(C2(O)CCOC(C(C)C)C2)cn1. The first kappa shape index (κ1) is 12.6. The van der Waals surface area contributed by atoms with Gasteiger partial charge >= 0.3 is 0 Å². The van der Waals surface area contributed by atoms with Crippen LogP contribution in [0.2, 0.25) is 0 Å². The average Bonchev–Trinajstić information content (AvgIpc) is 2.78. The molecule has 1 aromatic rings. The molecule has 2 atom stereocenters. The highest BCUT2D eigenvalue weighted by molar-refractivity contribution is 5.16. The zero-order chi connectivity index (χ0) is 12.5. The maximum atomic E-state index is 10.7. The van der Waals surface area contributed by atoms with Crippen LogP contribution in [0.1, 0.15) is 39.2 Å². The monoisotopic (exact) mass is 238 g/mol. The van der Waals surface area contributed by atoms with Gasteiger partial charge in [0.05, 0.1) is 24.5 Å². The van der Waals surface area contributed by atoms with Crippen LogP contribution in [0.25, 0.3) is 0 Å². The Balaban J connectivity index is 2.17. The van der Waals surface area contributed by atoms with Crippen molar-refractivity contribution in [2.45, 2.75) is 51.9 Å². The maximum Gasteiger partial charge on any atom is 0.0973 e. The van der Waals surface area contributed by atoms with Gasteiger partial charge in [0.15, 0.2) is 0 Å². The lowest BCUT2D eigenvalue weighted by atomic mass is 9.82. The molecule has 2 rings (SSSR count). The standard InChI is InChI=1S/C13H22N2O2/c1-4-15-9-11(8-14-15)13(16)5-6-17-12(7-13)10(2)3/h8-10,12,16H,4-7H2,1-3H3. The van der Waals surface area contributed by atoms with E-state index in [0.29, 0.717) is 25.4 Å². The van der Waals surface area contributed by atoms with Gasteiger partial charge in [0.25, 0.3) is 0 Å². The Bertz CT molecular complexity index is 375. The molecule has 1 saturated heterocycles. The van der Waals surface area contributed by atoms with Crippen molar-refractivity contribution in [3.05, 3.63) is 18.0 Å². The van der Waals surface area contributed by atoms with Crippen molar-refractivity contribution in [3.8, 4) is 0 Å². The number of hydrogen-bond donors (Lipinski definition) is 1. The Labute approximate surface area is 103 Å². The van der Waals surface area contributed by atoms with Gasteiger partial charge in [0.1, 0.15) is 0 Å². The largest absolute Gasteiger partial charge is 0.385 e. The summed E-state index contributed by atoms with van der Waals surface area (Å²) in [5.41, 5.74) is 0.161. The van der Waals surface area contributed by atoms with Gasteiger partial charge in [-0.2, -0.15) is 5.10 Å². The number of aliphatic hydroxyl groups is 1. The van der Waals surface area contributed by atoms with E-state index in [4.69, 9.17) is 4.74 Å². The molecule has 0 aliphatic carbocycles. The van der Waals surface area contributed by atoms with Gasteiger partial charge in [0, 0.05) is 31.1 Å². The first-order valence-electron chi connectivity index (χ1n) is 6.42. The van der Waals surface area contributed by atoms with E-state index in [1.807, 2.05) is 17.8 Å². The third-order valence-corrected chi connectivity index (χ3v) is 3.62. The van der Waals surface area contributed by atoms with Crippen molar-refractivity contribution in [2.24, 2.45) is 5.92 Å². The minimum atomic E-state index is -0.763. The van der Waals surface area contributed by atoms with Gasteiger partial charge in [-0.25, -0.2) is 0 Å². The van der Waals surface area contributed by atoms with E-state index in [-0.39, 0.29) is 6.10 Å². The number of hydrogen-bond acceptors (Lipinski definition) is 3. The van der Waals surface area contributed by atoms with Crippen LogP contribution in [0, 0.1) is 5.92 Å². The predicted octanol–water partition coefficient (Wildman–Crippen LogP) is 1.93. The molecule has 0 spiro atoms. The van der Waals surface area contributed by atoms with E-state index < -0.39 is 5.60 Å². The number of aryl methyl sites for hydroxylation is 1. The summed E-state index contributed by atoms with van der Waals surface area (Å²) in [5, 5.41) is 15.0. The second-order valence-corrected chi connectivity index (χ2v) is 5.22. The van der Waals surface area contributed by atoms with E-state index in [2.05, 4.69) is 18.9 Å². The molecule has 0 bridgehead atoms. The summed E-state index contributed by atoms with van der Waals surface area (Å²) in [7, 11) is 0. The van der Waals surface area contributed by atoms with Crippen LogP contribution in [0.3, 0.4) is 0 Å². The van der Waals surface area contributed by atoms with Crippen molar-refractivity contribution in [1.29, 1.82) is 0 Å². The molecule has 4 nitrogen and oxygen atoms in total. The normalized spacial score (nSPS) is 29.8. The molecule has 1 aromatic heterocycles. The van der Waals surface area contributed by atoms with Crippen LogP contribution in [-0.2, 0) is 16.9 Å². The molecule has 0 saturated carbocycles. The molecule has 4 heteroatoms. The summed E-state index contributed by atoms with van der Waals surface area (Å²) >= 11 is 0. The third kappa shape index (κ3) is 2.53. The molecule has 1 aliphatic heterocycles. The lowest BCUT2D eigenvalue weighted by Gasteiger charge is -2.38. The zero-order valence-corrected chi connectivity index (χ0v) is 10.9. The minimum Gasteiger partial charge on any atom is -0.385 e. The van der Waals surface area contributed by atoms with Crippen LogP contribution < -0.4 is 0 Å². The molecule has 0 radical (unpaired) electrons. The maximum absolute atomic E-state index is 10.7. The van der Waals surface area contributed by atoms with E-state index >= 15 is 0 Å². The van der Waals surface area contributed by atoms with E-state index in [1.165, 1.54) is 0 Å². The topological polar surface area (TPSA) is 47.3 Å². The van der Waals surface area contributed by atoms with Gasteiger partial charge in [-0.05, 0) is 12.8 Å². The van der Waals surface area contributed by atoms with E-state index in [9.17, 15) is 5.11 Å². The predicted molar refractivity (Wildman–Crippen MR) is 65.6 cm³/mol. The lowest BCUT2D eigenvalue weighted by Crippen LogP contribution is -2.40. The fraction of sp³-hybridized carbons (Fsp3) is 0.769. The Morgan fingerprint density at radius 2 is 2.41 bits per heavy atom. The summed E-state index contributed by atoms with van der Waals surface area (Å²) in [5.74, 6) is 0.433. The summed E-state index contributed by atoms with van der Waals surface area (Å²) in [6.45, 7) is 7.76. The minimum absolute atomic E-state index is 0.138. The molecule has 1 fully saturated rings. The smallest absolute Gasteiger partial charge is 0.0973 e. The van der Waals surface area contributed by atoms with Crippen molar-refractivity contribution in [1.82, 2.24) is 9.78 Å². The van der Waals surface area contributed by atoms with Crippen LogP contribution in [0.15, 0.2) is 12.4 Å². The molecule has 17 heavy (non-hydrogen) atoms. The van der Waals surface area contributed by atoms with E-state index in [0.717, 1.165) is 12.1 Å². The quantitative estimate of drug-likeness (QED) is 0.875. The Morgan fingerprint density at radius 3 is 3.00 bits per heavy atom. The van der Waals surface area contributed by atoms with E-state index in [1.54, 1.807) is 6.20 Å². The summed E-state index contributed by atoms with van der Waals surface area (Å²) in [6.07, 6.45) is 5.19. The van der Waals surface area contributed by atoms with Crippen molar-refractivity contribution < 1.29 is 9.84 Å². The number of nitrogens with zero attached hydrogens (tertiary/aromatic N) is 2. The van der Waals surface area contributed by atoms with Gasteiger partial charge in [0.2, 0.25) is 0 Å². The summed E-state index contributed by atoms with van der Waals surface area (Å²) in [4.78, 5) is 0. The van der Waals surface area contributed by atoms with Crippen LogP contribution in [-0.4, -0.2) is 27.6 Å². The second kappa shape index (κ2) is 4.78.